The van der Waals surface area contributed by atoms with Crippen molar-refractivity contribution in [1.29, 1.82) is 0 Å². The van der Waals surface area contributed by atoms with Crippen LogP contribution in [-0.4, -0.2) is 65.2 Å². The predicted molar refractivity (Wildman–Crippen MR) is 145 cm³/mol. The zero-order valence-corrected chi connectivity index (χ0v) is 24.3. The molecule has 11 heteroatoms. The molecule has 0 saturated carbocycles. The van der Waals surface area contributed by atoms with Gasteiger partial charge in [-0.1, -0.05) is 24.3 Å². The predicted octanol–water partition coefficient (Wildman–Crippen LogP) is 4.96. The molecular weight excluding hydrogens is 522 g/mol. The van der Waals surface area contributed by atoms with Gasteiger partial charge in [0.2, 0.25) is 0 Å². The van der Waals surface area contributed by atoms with E-state index in [1.807, 2.05) is 36.4 Å². The number of benzene rings is 2. The smallest absolute Gasteiger partial charge is 0.344 e. The summed E-state index contributed by atoms with van der Waals surface area (Å²) in [5.74, 6) is -2.58. The van der Waals surface area contributed by atoms with Crippen LogP contribution in [0.5, 0.6) is 5.75 Å². The van der Waals surface area contributed by atoms with Crippen molar-refractivity contribution in [2.75, 3.05) is 20.3 Å². The highest BCUT2D eigenvalue weighted by Gasteiger charge is 2.38. The minimum Gasteiger partial charge on any atom is -0.497 e. The van der Waals surface area contributed by atoms with E-state index in [1.165, 1.54) is 0 Å². The van der Waals surface area contributed by atoms with Crippen molar-refractivity contribution in [3.05, 3.63) is 42.0 Å². The lowest BCUT2D eigenvalue weighted by molar-refractivity contribution is -0.492. The molecule has 0 aliphatic rings. The summed E-state index contributed by atoms with van der Waals surface area (Å²) in [6, 6.07) is 11.3. The van der Waals surface area contributed by atoms with Gasteiger partial charge >= 0.3 is 17.9 Å². The molecule has 2 N–H and O–H groups in total. The lowest BCUT2D eigenvalue weighted by Crippen LogP contribution is -2.43. The Morgan fingerprint density at radius 1 is 0.900 bits per heavy atom. The van der Waals surface area contributed by atoms with Crippen molar-refractivity contribution < 1.29 is 48.6 Å². The van der Waals surface area contributed by atoms with Gasteiger partial charge in [0.05, 0.1) is 30.9 Å². The number of hydrogen-bond donors (Lipinski definition) is 2. The number of esters is 3. The number of ether oxygens (including phenoxy) is 4. The fraction of sp³-hybridized carbons (Fsp3) is 0.552. The number of methoxy groups -OCH3 is 1. The van der Waals surface area contributed by atoms with E-state index >= 15 is 0 Å². The summed E-state index contributed by atoms with van der Waals surface area (Å²) in [5, 5.41) is 18.6. The highest BCUT2D eigenvalue weighted by atomic mass is 17.1. The largest absolute Gasteiger partial charge is 0.497 e. The van der Waals surface area contributed by atoms with E-state index in [-0.39, 0.29) is 12.0 Å². The summed E-state index contributed by atoms with van der Waals surface area (Å²) < 4.78 is 21.6. The van der Waals surface area contributed by atoms with E-state index < -0.39 is 47.6 Å². The minimum atomic E-state index is -1.22. The Balaban J connectivity index is 1.85. The maximum absolute atomic E-state index is 12.8. The number of fused-ring (bicyclic) bond motifs is 1. The van der Waals surface area contributed by atoms with Gasteiger partial charge < -0.3 is 18.9 Å². The van der Waals surface area contributed by atoms with Crippen LogP contribution >= 0.6 is 0 Å². The molecule has 0 radical (unpaired) electrons. The molecule has 2 atom stereocenters. The van der Waals surface area contributed by atoms with Crippen molar-refractivity contribution in [1.82, 2.24) is 5.39 Å². The minimum absolute atomic E-state index is 0.0949. The summed E-state index contributed by atoms with van der Waals surface area (Å²) in [4.78, 5) is 42.5. The fourth-order valence-electron chi connectivity index (χ4n) is 3.94. The second-order valence-electron chi connectivity index (χ2n) is 10.8. The summed E-state index contributed by atoms with van der Waals surface area (Å²) >= 11 is 0. The highest BCUT2D eigenvalue weighted by molar-refractivity contribution is 5.87. The molecule has 0 aliphatic heterocycles. The number of rotatable bonds is 15. The Hall–Kier alpha value is -3.25. The molecular formula is C29H41NO10. The second kappa shape index (κ2) is 14.4. The van der Waals surface area contributed by atoms with Gasteiger partial charge in [0.25, 0.3) is 0 Å². The Morgan fingerprint density at radius 2 is 1.55 bits per heavy atom. The van der Waals surface area contributed by atoms with Crippen LogP contribution in [0, 0.1) is 5.92 Å². The van der Waals surface area contributed by atoms with Crippen LogP contribution in [0.4, 0.5) is 0 Å². The van der Waals surface area contributed by atoms with Gasteiger partial charge in [0, 0.05) is 0 Å². The molecule has 2 aromatic carbocycles. The lowest BCUT2D eigenvalue weighted by Gasteiger charge is -2.33. The summed E-state index contributed by atoms with van der Waals surface area (Å²) in [6.07, 6.45) is 1.63. The molecule has 11 nitrogen and oxygen atoms in total. The van der Waals surface area contributed by atoms with Crippen molar-refractivity contribution in [3.63, 3.8) is 0 Å². The van der Waals surface area contributed by atoms with Gasteiger partial charge in [0.15, 0.2) is 6.61 Å². The molecule has 2 rings (SSSR count). The molecule has 0 amide bonds. The molecule has 0 aromatic heterocycles. The van der Waals surface area contributed by atoms with Crippen LogP contribution in [0.2, 0.25) is 0 Å². The van der Waals surface area contributed by atoms with E-state index in [0.29, 0.717) is 19.3 Å². The summed E-state index contributed by atoms with van der Waals surface area (Å²) in [6.45, 7) is 9.49. The number of nitrogens with zero attached hydrogens (tertiary/aromatic N) is 1. The molecule has 0 saturated heterocycles. The molecule has 222 valence electrons. The van der Waals surface area contributed by atoms with Gasteiger partial charge in [-0.25, -0.2) is 4.79 Å². The normalized spacial score (nSPS) is 13.6. The number of carbonyl (C=O) groups is 3. The SMILES string of the molecule is COc1ccc2cc(C(C)C(=O)OCC(=O)OC(C)(C)C(C)C(=O)OC(C)(C)CCCCON(O)O)ccc2c1. The molecule has 40 heavy (non-hydrogen) atoms. The Morgan fingerprint density at radius 3 is 2.20 bits per heavy atom. The van der Waals surface area contributed by atoms with E-state index in [2.05, 4.69) is 4.84 Å². The van der Waals surface area contributed by atoms with Crippen molar-refractivity contribution in [3.8, 4) is 5.75 Å². The first-order valence-corrected chi connectivity index (χ1v) is 13.1. The van der Waals surface area contributed by atoms with E-state index in [4.69, 9.17) is 29.4 Å². The molecule has 0 aliphatic carbocycles. The van der Waals surface area contributed by atoms with E-state index in [9.17, 15) is 14.4 Å². The quantitative estimate of drug-likeness (QED) is 0.131. The van der Waals surface area contributed by atoms with Crippen LogP contribution < -0.4 is 4.74 Å². The maximum atomic E-state index is 12.8. The molecule has 2 unspecified atom stereocenters. The van der Waals surface area contributed by atoms with Gasteiger partial charge in [-0.05, 0) is 89.3 Å². The summed E-state index contributed by atoms with van der Waals surface area (Å²) in [5.41, 5.74) is -1.28. The monoisotopic (exact) mass is 563 g/mol. The van der Waals surface area contributed by atoms with Crippen LogP contribution in [0.15, 0.2) is 36.4 Å². The zero-order chi connectivity index (χ0) is 30.1. The van der Waals surface area contributed by atoms with Gasteiger partial charge in [-0.3, -0.25) is 24.8 Å². The Labute approximate surface area is 234 Å². The Kier molecular flexibility index (Phi) is 11.9. The van der Waals surface area contributed by atoms with Crippen LogP contribution in [-0.2, 0) is 33.4 Å². The summed E-state index contributed by atoms with van der Waals surface area (Å²) in [7, 11) is 1.60. The molecule has 0 fully saturated rings. The molecule has 2 aromatic rings. The first-order valence-electron chi connectivity index (χ1n) is 13.1. The van der Waals surface area contributed by atoms with E-state index in [0.717, 1.165) is 22.1 Å². The third-order valence-electron chi connectivity index (χ3n) is 6.79. The van der Waals surface area contributed by atoms with Crippen molar-refractivity contribution in [2.24, 2.45) is 5.92 Å². The van der Waals surface area contributed by atoms with Crippen LogP contribution in [0.1, 0.15) is 72.3 Å². The number of hydrogen-bond acceptors (Lipinski definition) is 11. The second-order valence-corrected chi connectivity index (χ2v) is 10.8. The zero-order valence-electron chi connectivity index (χ0n) is 24.3. The first-order chi connectivity index (χ1) is 18.6. The van der Waals surface area contributed by atoms with Crippen molar-refractivity contribution in [2.45, 2.75) is 77.9 Å². The molecule has 0 heterocycles. The lowest BCUT2D eigenvalue weighted by atomic mass is 9.92. The highest BCUT2D eigenvalue weighted by Crippen LogP contribution is 2.28. The Bertz CT molecular complexity index is 1160. The average molecular weight is 564 g/mol. The average Bonchev–Trinajstić information content (AvgIpc) is 2.89. The van der Waals surface area contributed by atoms with Gasteiger partial charge in [0.1, 0.15) is 17.0 Å². The standard InChI is InChI=1S/C29H41NO10/c1-19(21-10-11-23-17-24(36-7)13-12-22(23)16-21)26(32)37-18-25(31)39-29(5,6)20(2)27(33)40-28(3,4)14-8-9-15-38-30(34)35/h10-13,16-17,19-20,34-35H,8-9,14-15,18H2,1-7H3. The van der Waals surface area contributed by atoms with Crippen LogP contribution in [0.25, 0.3) is 10.8 Å². The number of carbonyl (C=O) groups excluding carboxylic acids is 3. The van der Waals surface area contributed by atoms with Crippen LogP contribution in [0.3, 0.4) is 0 Å². The molecule has 0 spiro atoms. The number of unbranched alkanes of at least 4 members (excludes halogenated alkanes) is 1. The third-order valence-corrected chi connectivity index (χ3v) is 6.79. The maximum Gasteiger partial charge on any atom is 0.344 e. The first kappa shape index (κ1) is 33.0. The van der Waals surface area contributed by atoms with Crippen molar-refractivity contribution >= 4 is 28.7 Å². The topological polar surface area (TPSA) is 141 Å². The fourth-order valence-corrected chi connectivity index (χ4v) is 3.94. The third kappa shape index (κ3) is 10.1. The van der Waals surface area contributed by atoms with Gasteiger partial charge in [-0.15, -0.1) is 0 Å². The van der Waals surface area contributed by atoms with Gasteiger partial charge in [-0.2, -0.15) is 0 Å². The molecule has 0 bridgehead atoms. The van der Waals surface area contributed by atoms with E-state index in [1.54, 1.807) is 48.7 Å².